The van der Waals surface area contributed by atoms with E-state index in [1.807, 2.05) is 0 Å². The molecule has 0 radical (unpaired) electrons. The molecule has 0 amide bonds. The normalized spacial score (nSPS) is 11.4. The summed E-state index contributed by atoms with van der Waals surface area (Å²) in [6, 6.07) is 1.06. The van der Waals surface area contributed by atoms with Crippen molar-refractivity contribution in [1.82, 2.24) is 0 Å². The van der Waals surface area contributed by atoms with Gasteiger partial charge in [-0.1, -0.05) is 13.1 Å². The second-order valence-electron chi connectivity index (χ2n) is 3.77. The first kappa shape index (κ1) is 13.9. The molecule has 0 aromatic heterocycles. The summed E-state index contributed by atoms with van der Waals surface area (Å²) in [5, 5.41) is 0. The largest absolute Gasteiger partial charge is 0.463 e. The van der Waals surface area contributed by atoms with Crippen LogP contribution in [0.2, 0.25) is 19.1 Å². The lowest BCUT2D eigenvalue weighted by Crippen LogP contribution is -2.17. The molecule has 0 saturated carbocycles. The first-order valence-electron chi connectivity index (χ1n) is 4.82. The van der Waals surface area contributed by atoms with Gasteiger partial charge in [0.2, 0.25) is 0 Å². The third kappa shape index (κ3) is 11.9. The highest BCUT2D eigenvalue weighted by molar-refractivity contribution is 7.19. The van der Waals surface area contributed by atoms with Gasteiger partial charge in [-0.25, -0.2) is 0 Å². The highest BCUT2D eigenvalue weighted by Crippen LogP contribution is 2.15. The van der Waals surface area contributed by atoms with Gasteiger partial charge < -0.3 is 9.47 Å². The van der Waals surface area contributed by atoms with E-state index in [-0.39, 0.29) is 5.97 Å². The Morgan fingerprint density at radius 1 is 1.29 bits per heavy atom. The van der Waals surface area contributed by atoms with Crippen LogP contribution in [0, 0.1) is 0 Å². The number of esters is 1. The molecule has 0 aliphatic heterocycles. The summed E-state index contributed by atoms with van der Waals surface area (Å²) < 4.78 is 9.97. The zero-order valence-electron chi connectivity index (χ0n) is 9.14. The van der Waals surface area contributed by atoms with Crippen LogP contribution in [0.25, 0.3) is 0 Å². The summed E-state index contributed by atoms with van der Waals surface area (Å²) in [5.74, 6) is -0.261. The maximum Gasteiger partial charge on any atom is 0.302 e. The number of hydrogen-bond donors (Lipinski definition) is 0. The van der Waals surface area contributed by atoms with Gasteiger partial charge in [-0.3, -0.25) is 4.79 Å². The van der Waals surface area contributed by atoms with Crippen molar-refractivity contribution in [2.24, 2.45) is 0 Å². The van der Waals surface area contributed by atoms with Crippen LogP contribution in [0.3, 0.4) is 0 Å². The zero-order chi connectivity index (χ0) is 11.0. The Labute approximate surface area is 91.4 Å². The molecule has 0 atom stereocenters. The number of rotatable bonds is 7. The monoisotopic (exact) mass is 238 g/mol. The fourth-order valence-electron chi connectivity index (χ4n) is 0.941. The summed E-state index contributed by atoms with van der Waals surface area (Å²) >= 11 is 6.13. The van der Waals surface area contributed by atoms with Gasteiger partial charge in [0, 0.05) is 13.5 Å². The number of carbonyl (C=O) groups excluding carboxylic acids is 1. The zero-order valence-corrected chi connectivity index (χ0v) is 10.9. The van der Waals surface area contributed by atoms with Crippen molar-refractivity contribution in [3.05, 3.63) is 0 Å². The molecule has 0 rings (SSSR count). The molecular formula is C9H19ClO3Si. The minimum Gasteiger partial charge on any atom is -0.463 e. The molecule has 0 heterocycles. The van der Waals surface area contributed by atoms with Gasteiger partial charge >= 0.3 is 5.97 Å². The Morgan fingerprint density at radius 2 is 1.93 bits per heavy atom. The quantitative estimate of drug-likeness (QED) is 0.296. The third-order valence-corrected chi connectivity index (χ3v) is 3.70. The highest BCUT2D eigenvalue weighted by Gasteiger charge is 2.15. The number of ether oxygens (including phenoxy) is 2. The van der Waals surface area contributed by atoms with Crippen molar-refractivity contribution >= 4 is 24.4 Å². The van der Waals surface area contributed by atoms with Gasteiger partial charge in [-0.2, -0.15) is 11.1 Å². The lowest BCUT2D eigenvalue weighted by molar-refractivity contribution is -0.142. The number of carbonyl (C=O) groups is 1. The van der Waals surface area contributed by atoms with Crippen LogP contribution in [0.5, 0.6) is 0 Å². The topological polar surface area (TPSA) is 35.5 Å². The average molecular weight is 239 g/mol. The van der Waals surface area contributed by atoms with Crippen LogP contribution in [-0.4, -0.2) is 33.2 Å². The molecule has 0 aromatic rings. The van der Waals surface area contributed by atoms with Crippen molar-refractivity contribution in [2.75, 3.05) is 19.8 Å². The Kier molecular flexibility index (Phi) is 7.23. The molecule has 5 heteroatoms. The molecule has 0 aliphatic rings. The van der Waals surface area contributed by atoms with Crippen LogP contribution < -0.4 is 0 Å². The predicted octanol–water partition coefficient (Wildman–Crippen LogP) is 2.40. The Hall–Kier alpha value is -0.0631. The Morgan fingerprint density at radius 3 is 2.43 bits per heavy atom. The first-order chi connectivity index (χ1) is 6.42. The van der Waals surface area contributed by atoms with Crippen molar-refractivity contribution in [2.45, 2.75) is 32.5 Å². The van der Waals surface area contributed by atoms with Gasteiger partial charge in [0.05, 0.1) is 6.61 Å². The first-order valence-corrected chi connectivity index (χ1v) is 9.04. The van der Waals surface area contributed by atoms with E-state index in [0.717, 1.165) is 12.5 Å². The summed E-state index contributed by atoms with van der Waals surface area (Å²) in [6.45, 7) is 7.15. The lowest BCUT2D eigenvalue weighted by atomic mass is 10.5. The molecule has 0 aliphatic carbocycles. The standard InChI is InChI=1S/C9H19ClO3Si/c1-9(11)13-7-6-12-5-4-8-14(2,3)10/h4-8H2,1-3H3. The van der Waals surface area contributed by atoms with Crippen molar-refractivity contribution in [3.8, 4) is 0 Å². The molecular weight excluding hydrogens is 220 g/mol. The minimum atomic E-state index is -1.44. The van der Waals surface area contributed by atoms with E-state index in [0.29, 0.717) is 19.8 Å². The highest BCUT2D eigenvalue weighted by atomic mass is 35.6. The molecule has 0 spiro atoms. The molecule has 0 aromatic carbocycles. The van der Waals surface area contributed by atoms with Gasteiger partial charge in [0.1, 0.15) is 6.61 Å². The van der Waals surface area contributed by atoms with E-state index in [1.54, 1.807) is 0 Å². The van der Waals surface area contributed by atoms with Gasteiger partial charge in [0.25, 0.3) is 0 Å². The van der Waals surface area contributed by atoms with Gasteiger partial charge in [0.15, 0.2) is 7.38 Å². The molecule has 14 heavy (non-hydrogen) atoms. The summed E-state index contributed by atoms with van der Waals surface area (Å²) in [4.78, 5) is 10.4. The van der Waals surface area contributed by atoms with Crippen LogP contribution in [0.1, 0.15) is 13.3 Å². The molecule has 0 saturated heterocycles. The fourth-order valence-corrected chi connectivity index (χ4v) is 2.33. The molecule has 3 nitrogen and oxygen atoms in total. The second kappa shape index (κ2) is 7.26. The average Bonchev–Trinajstić information content (AvgIpc) is 2.00. The van der Waals surface area contributed by atoms with E-state index in [2.05, 4.69) is 13.1 Å². The smallest absolute Gasteiger partial charge is 0.302 e. The molecule has 0 unspecified atom stereocenters. The maximum atomic E-state index is 10.4. The molecule has 0 bridgehead atoms. The van der Waals surface area contributed by atoms with E-state index >= 15 is 0 Å². The van der Waals surface area contributed by atoms with Gasteiger partial charge in [-0.15, -0.1) is 0 Å². The molecule has 84 valence electrons. The SMILES string of the molecule is CC(=O)OCCOCCC[Si](C)(C)Cl. The van der Waals surface area contributed by atoms with Crippen molar-refractivity contribution < 1.29 is 14.3 Å². The van der Waals surface area contributed by atoms with E-state index < -0.39 is 7.38 Å². The Bertz CT molecular complexity index is 168. The van der Waals surface area contributed by atoms with E-state index in [1.165, 1.54) is 6.92 Å². The van der Waals surface area contributed by atoms with Crippen LogP contribution in [-0.2, 0) is 14.3 Å². The van der Waals surface area contributed by atoms with E-state index in [9.17, 15) is 4.79 Å². The molecule has 0 fully saturated rings. The van der Waals surface area contributed by atoms with Crippen LogP contribution in [0.15, 0.2) is 0 Å². The summed E-state index contributed by atoms with van der Waals surface area (Å²) in [7, 11) is -1.44. The number of halogens is 1. The number of hydrogen-bond acceptors (Lipinski definition) is 3. The minimum absolute atomic E-state index is 0.261. The van der Waals surface area contributed by atoms with Gasteiger partial charge in [-0.05, 0) is 12.5 Å². The maximum absolute atomic E-state index is 10.4. The second-order valence-corrected chi connectivity index (χ2v) is 10.8. The summed E-state index contributed by atoms with van der Waals surface area (Å²) in [5.41, 5.74) is 0. The fraction of sp³-hybridized carbons (Fsp3) is 0.889. The van der Waals surface area contributed by atoms with E-state index in [4.69, 9.17) is 20.6 Å². The molecule has 0 N–H and O–H groups in total. The van der Waals surface area contributed by atoms with Crippen molar-refractivity contribution in [3.63, 3.8) is 0 Å². The Balaban J connectivity index is 3.11. The lowest BCUT2D eigenvalue weighted by Gasteiger charge is -2.12. The summed E-state index contributed by atoms with van der Waals surface area (Å²) in [6.07, 6.45) is 0.989. The van der Waals surface area contributed by atoms with Crippen molar-refractivity contribution in [1.29, 1.82) is 0 Å². The third-order valence-electron chi connectivity index (χ3n) is 1.59. The van der Waals surface area contributed by atoms with Crippen LogP contribution >= 0.6 is 11.1 Å². The van der Waals surface area contributed by atoms with Crippen LogP contribution in [0.4, 0.5) is 0 Å². The predicted molar refractivity (Wildman–Crippen MR) is 60.2 cm³/mol.